The van der Waals surface area contributed by atoms with Gasteiger partial charge in [0.2, 0.25) is 19.9 Å². The Morgan fingerprint density at radius 3 is 0.754 bits per heavy atom. The zero-order valence-electron chi connectivity index (χ0n) is 82.7. The van der Waals surface area contributed by atoms with Gasteiger partial charge in [0.15, 0.2) is 0 Å². The molecule has 0 radical (unpaired) electrons. The predicted octanol–water partition coefficient (Wildman–Crippen LogP) is 37.0. The Balaban J connectivity index is 0.000000128. The van der Waals surface area contributed by atoms with Gasteiger partial charge in [-0.25, -0.2) is 0 Å². The van der Waals surface area contributed by atoms with E-state index in [1.807, 2.05) is 36.4 Å². The van der Waals surface area contributed by atoms with E-state index in [1.165, 1.54) is 183 Å². The molecule has 8 nitrogen and oxygen atoms in total. The van der Waals surface area contributed by atoms with Crippen molar-refractivity contribution in [3.8, 4) is 79.4 Å². The second-order valence-electron chi connectivity index (χ2n) is 42.5. The summed E-state index contributed by atoms with van der Waals surface area (Å²) in [7, 11) is 0. The zero-order chi connectivity index (χ0) is 96.8. The normalized spacial score (nSPS) is 22.1. The Kier molecular flexibility index (Phi) is 28.7. The van der Waals surface area contributed by atoms with Gasteiger partial charge in [-0.15, -0.1) is 0 Å². The third-order valence-electron chi connectivity index (χ3n) is 33.1. The molecule has 7 aliphatic rings. The van der Waals surface area contributed by atoms with Gasteiger partial charge in [-0.3, -0.25) is 0 Å². The standard InChI is InChI=1S/C48H46F4O2.C48H50O4.C34H36O2/c1-31-11-15-33(16-12-31)35-19-25-39(26-20-35)47(49,50)53-43-29-23-37-7-3-5-9-41(37)45(43)46-42-10-6-4-8-38(42)24-30-44(46)54-48(51,52)40-27-21-36(22-28-40)34-17-13-32(2)14-18-34;1-33-11-15-35(16-12-33)37-19-25-41(26-20-37)49-31-51-45-29-23-39-7-3-5-9-43(39)47(45)48-44-10-6-4-8-40(44)24-30-46(48)52-32-50-42-27-21-38(22-28-42)36-17-13-34(2)14-18-36;1-22-10-12-23(13-11-22)24-14-16-27(17-15-24)34-35-30-20-18-25-6-2-4-8-28(25)32(30)33-29-9-5-3-7-26(29)19-21-31(33)36-34/h3-10,19-34H,11-18H2,1-2H3;3-10,19-30,33-36H,11-18,31-32H2,1-2H3;2-9,18-24,27,34H,10-17H2,1H3. The molecule has 0 amide bonds. The molecule has 6 fully saturated rings. The van der Waals surface area contributed by atoms with Gasteiger partial charge in [-0.1, -0.05) is 329 Å². The van der Waals surface area contributed by atoms with Crippen LogP contribution < -0.4 is 37.9 Å². The van der Waals surface area contributed by atoms with Crippen molar-refractivity contribution in [2.24, 2.45) is 47.3 Å². The first-order chi connectivity index (χ1) is 69.4. The fourth-order valence-corrected chi connectivity index (χ4v) is 24.4. The summed E-state index contributed by atoms with van der Waals surface area (Å²) in [4.78, 5) is 0. The van der Waals surface area contributed by atoms with Gasteiger partial charge in [0.25, 0.3) is 0 Å². The topological polar surface area (TPSA) is 73.8 Å². The molecule has 0 bridgehead atoms. The fraction of sp³-hybridized carbons (Fsp3) is 0.354. The van der Waals surface area contributed by atoms with Gasteiger partial charge in [0.05, 0.1) is 11.1 Å². The van der Waals surface area contributed by atoms with E-state index < -0.39 is 12.2 Å². The molecule has 23 rings (SSSR count). The van der Waals surface area contributed by atoms with E-state index in [9.17, 15) is 0 Å². The quantitative estimate of drug-likeness (QED) is 0.0491. The zero-order valence-corrected chi connectivity index (χ0v) is 82.7. The maximum Gasteiger partial charge on any atom is 0.426 e. The van der Waals surface area contributed by atoms with Gasteiger partial charge >= 0.3 is 12.2 Å². The SMILES string of the molecule is CC1CCC(C2CCC(C3Oc4ccc5ccccc5c4-c4c(ccc5ccccc45)O3)CC2)CC1.CC1CCC(c2ccc(C(F)(F)Oc3ccc4ccccc4c3-c3c(OC(F)(F)c4ccc(C5CCC(C)CC5)cc4)ccc4ccccc34)cc2)CC1.CC1CCC(c2ccc(OCOc3ccc4ccccc4c3-c3c(OCOc4ccc(C5CCC(C)CC5)cc4)ccc4ccccc34)cc2)CC1. The lowest BCUT2D eigenvalue weighted by atomic mass is 9.69. The molecule has 6 saturated carbocycles. The lowest BCUT2D eigenvalue weighted by Crippen LogP contribution is -2.36. The molecular formula is C130H132F4O8. The van der Waals surface area contributed by atoms with Crippen molar-refractivity contribution in [3.05, 3.63) is 349 Å². The van der Waals surface area contributed by atoms with Crippen LogP contribution in [0.5, 0.6) is 46.0 Å². The number of alkyl halides is 4. The van der Waals surface area contributed by atoms with Crippen LogP contribution in [0.2, 0.25) is 0 Å². The molecule has 12 heteroatoms. The van der Waals surface area contributed by atoms with Crippen LogP contribution in [0.4, 0.5) is 17.6 Å². The number of hydrogen-bond acceptors (Lipinski definition) is 8. The summed E-state index contributed by atoms with van der Waals surface area (Å²) in [5.74, 6) is 13.0. The second-order valence-corrected chi connectivity index (χ2v) is 42.5. The van der Waals surface area contributed by atoms with Crippen molar-refractivity contribution in [2.45, 2.75) is 231 Å². The summed E-state index contributed by atoms with van der Waals surface area (Å²) < 4.78 is 116. The number of hydrogen-bond donors (Lipinski definition) is 0. The first-order valence-electron chi connectivity index (χ1n) is 52.9. The predicted molar refractivity (Wildman–Crippen MR) is 571 cm³/mol. The summed E-state index contributed by atoms with van der Waals surface area (Å²) in [6.07, 6.45) is 22.2. The van der Waals surface area contributed by atoms with E-state index in [2.05, 4.69) is 217 Å². The van der Waals surface area contributed by atoms with Gasteiger partial charge in [-0.2, -0.15) is 17.6 Å². The van der Waals surface area contributed by atoms with Crippen LogP contribution in [-0.4, -0.2) is 19.9 Å². The number of halogens is 4. The molecule has 728 valence electrons. The molecule has 142 heavy (non-hydrogen) atoms. The fourth-order valence-electron chi connectivity index (χ4n) is 24.4. The third-order valence-corrected chi connectivity index (χ3v) is 33.1. The molecule has 0 aromatic heterocycles. The van der Waals surface area contributed by atoms with Gasteiger partial charge in [0.1, 0.15) is 46.0 Å². The largest absolute Gasteiger partial charge is 0.458 e. The monoisotopic (exact) mass is 1900 g/mol. The maximum atomic E-state index is 16.3. The highest BCUT2D eigenvalue weighted by Crippen LogP contribution is 2.55. The molecule has 0 saturated heterocycles. The Hall–Kier alpha value is -12.8. The first kappa shape index (κ1) is 95.4. The van der Waals surface area contributed by atoms with Crippen molar-refractivity contribution >= 4 is 64.6 Å². The Bertz CT molecular complexity index is 6630. The van der Waals surface area contributed by atoms with E-state index in [0.29, 0.717) is 52.2 Å². The second kappa shape index (κ2) is 42.8. The van der Waals surface area contributed by atoms with Gasteiger partial charge in [0, 0.05) is 39.3 Å². The van der Waals surface area contributed by atoms with Crippen LogP contribution in [0, 0.1) is 47.3 Å². The minimum atomic E-state index is -3.72. The van der Waals surface area contributed by atoms with Crippen LogP contribution in [0.15, 0.2) is 315 Å². The summed E-state index contributed by atoms with van der Waals surface area (Å²) in [6, 6.07) is 102. The van der Waals surface area contributed by atoms with Crippen LogP contribution >= 0.6 is 0 Å². The van der Waals surface area contributed by atoms with Gasteiger partial charge < -0.3 is 37.9 Å². The van der Waals surface area contributed by atoms with E-state index in [1.54, 1.807) is 60.7 Å². The molecule has 0 unspecified atom stereocenters. The van der Waals surface area contributed by atoms with Gasteiger partial charge in [-0.05, 0) is 327 Å². The number of ether oxygens (including phenoxy) is 8. The lowest BCUT2D eigenvalue weighted by molar-refractivity contribution is -0.186. The van der Waals surface area contributed by atoms with Crippen LogP contribution in [0.25, 0.3) is 98.0 Å². The van der Waals surface area contributed by atoms with E-state index in [-0.39, 0.29) is 53.6 Å². The Labute approximate surface area is 834 Å². The van der Waals surface area contributed by atoms with Crippen molar-refractivity contribution in [1.29, 1.82) is 0 Å². The molecule has 6 aliphatic carbocycles. The Morgan fingerprint density at radius 2 is 0.458 bits per heavy atom. The van der Waals surface area contributed by atoms with Crippen LogP contribution in [0.1, 0.15) is 246 Å². The summed E-state index contributed by atoms with van der Waals surface area (Å²) in [5, 5.41) is 12.0. The molecule has 0 N–H and O–H groups in total. The highest BCUT2D eigenvalue weighted by Gasteiger charge is 2.42. The maximum absolute atomic E-state index is 16.3. The lowest BCUT2D eigenvalue weighted by Gasteiger charge is -2.38. The number of rotatable bonds is 22. The van der Waals surface area contributed by atoms with E-state index >= 15 is 17.6 Å². The molecule has 16 aromatic carbocycles. The number of benzene rings is 16. The number of fused-ring (bicyclic) bond motifs is 11. The molecule has 0 spiro atoms. The smallest absolute Gasteiger partial charge is 0.426 e. The van der Waals surface area contributed by atoms with E-state index in [4.69, 9.17) is 37.9 Å². The van der Waals surface area contributed by atoms with Crippen molar-refractivity contribution < 1.29 is 55.5 Å². The minimum absolute atomic E-state index is 0.0889. The molecular weight excluding hydrogens is 1770 g/mol. The molecule has 1 heterocycles. The van der Waals surface area contributed by atoms with E-state index in [0.717, 1.165) is 170 Å². The van der Waals surface area contributed by atoms with Crippen LogP contribution in [-0.2, 0) is 12.2 Å². The summed E-state index contributed by atoms with van der Waals surface area (Å²) in [6.45, 7) is 11.9. The third kappa shape index (κ3) is 21.2. The van der Waals surface area contributed by atoms with Crippen molar-refractivity contribution in [3.63, 3.8) is 0 Å². The summed E-state index contributed by atoms with van der Waals surface area (Å²) >= 11 is 0. The minimum Gasteiger partial charge on any atom is -0.458 e. The van der Waals surface area contributed by atoms with Crippen LogP contribution in [0.3, 0.4) is 0 Å². The van der Waals surface area contributed by atoms with Crippen molar-refractivity contribution in [2.75, 3.05) is 13.6 Å². The summed E-state index contributed by atoms with van der Waals surface area (Å²) in [5.41, 5.74) is 9.20. The van der Waals surface area contributed by atoms with Crippen molar-refractivity contribution in [1.82, 2.24) is 0 Å². The Morgan fingerprint density at radius 1 is 0.225 bits per heavy atom. The highest BCUT2D eigenvalue weighted by molar-refractivity contribution is 6.13. The highest BCUT2D eigenvalue weighted by atomic mass is 19.3. The molecule has 0 atom stereocenters. The average Bonchev–Trinajstić information content (AvgIpc) is 1.36. The first-order valence-corrected chi connectivity index (χ1v) is 52.9. The molecule has 16 aromatic rings. The molecule has 1 aliphatic heterocycles. The average molecular weight is 1900 g/mol.